The maximum Gasteiger partial charge on any atom is 0.270 e. The molecule has 0 atom stereocenters. The lowest BCUT2D eigenvalue weighted by molar-refractivity contribution is 0.0949. The zero-order valence-corrected chi connectivity index (χ0v) is 14.3. The predicted molar refractivity (Wildman–Crippen MR) is 95.2 cm³/mol. The second-order valence-electron chi connectivity index (χ2n) is 6.13. The van der Waals surface area contributed by atoms with Gasteiger partial charge in [-0.25, -0.2) is 18.7 Å². The minimum Gasteiger partial charge on any atom is -0.350 e. The van der Waals surface area contributed by atoms with E-state index in [9.17, 15) is 13.6 Å². The van der Waals surface area contributed by atoms with E-state index >= 15 is 0 Å². The maximum absolute atomic E-state index is 13.3. The Morgan fingerprint density at radius 3 is 2.81 bits per heavy atom. The summed E-state index contributed by atoms with van der Waals surface area (Å²) >= 11 is 0. The molecule has 0 aliphatic heterocycles. The zero-order valence-electron chi connectivity index (χ0n) is 14.3. The second-order valence-corrected chi connectivity index (χ2v) is 6.13. The molecule has 136 valence electrons. The number of aromatic nitrogens is 2. The second kappa shape index (κ2) is 8.51. The number of amides is 1. The lowest BCUT2D eigenvalue weighted by Gasteiger charge is -2.13. The van der Waals surface area contributed by atoms with Crippen molar-refractivity contribution < 1.29 is 13.6 Å². The van der Waals surface area contributed by atoms with Crippen molar-refractivity contribution in [2.75, 3.05) is 11.9 Å². The molecule has 5 nitrogen and oxygen atoms in total. The first-order valence-electron chi connectivity index (χ1n) is 8.63. The number of hydrogen-bond donors (Lipinski definition) is 2. The molecule has 1 amide bonds. The van der Waals surface area contributed by atoms with Crippen molar-refractivity contribution in [1.29, 1.82) is 0 Å². The molecule has 0 saturated carbocycles. The number of nitrogens with one attached hydrogen (secondary N) is 2. The molecule has 1 aliphatic rings. The van der Waals surface area contributed by atoms with Crippen LogP contribution in [0.3, 0.4) is 0 Å². The molecule has 1 aromatic heterocycles. The third-order valence-electron chi connectivity index (χ3n) is 4.18. The van der Waals surface area contributed by atoms with Crippen molar-refractivity contribution in [2.45, 2.75) is 32.1 Å². The Labute approximate surface area is 150 Å². The van der Waals surface area contributed by atoms with E-state index in [1.165, 1.54) is 36.7 Å². The van der Waals surface area contributed by atoms with Gasteiger partial charge in [-0.3, -0.25) is 4.79 Å². The normalized spacial score (nSPS) is 13.8. The first-order valence-corrected chi connectivity index (χ1v) is 8.63. The molecule has 0 bridgehead atoms. The molecule has 0 spiro atoms. The van der Waals surface area contributed by atoms with Crippen LogP contribution in [0.2, 0.25) is 0 Å². The SMILES string of the molecule is O=C(NCCC1=CCCCC1)c1ccnc(Nc2ccc(F)c(F)c2)n1. The lowest BCUT2D eigenvalue weighted by Crippen LogP contribution is -2.26. The molecule has 0 saturated heterocycles. The fourth-order valence-corrected chi connectivity index (χ4v) is 2.81. The summed E-state index contributed by atoms with van der Waals surface area (Å²) in [6.45, 7) is 0.556. The number of hydrogen-bond acceptors (Lipinski definition) is 4. The largest absolute Gasteiger partial charge is 0.350 e. The van der Waals surface area contributed by atoms with E-state index < -0.39 is 11.6 Å². The number of anilines is 2. The number of halogens is 2. The van der Waals surface area contributed by atoms with E-state index in [-0.39, 0.29) is 17.5 Å². The third-order valence-corrected chi connectivity index (χ3v) is 4.18. The summed E-state index contributed by atoms with van der Waals surface area (Å²) in [7, 11) is 0. The van der Waals surface area contributed by atoms with Gasteiger partial charge in [0.15, 0.2) is 11.6 Å². The van der Waals surface area contributed by atoms with Crippen LogP contribution in [0.5, 0.6) is 0 Å². The van der Waals surface area contributed by atoms with Gasteiger partial charge in [0.05, 0.1) is 0 Å². The van der Waals surface area contributed by atoms with Crippen molar-refractivity contribution in [3.8, 4) is 0 Å². The fourth-order valence-electron chi connectivity index (χ4n) is 2.81. The summed E-state index contributed by atoms with van der Waals surface area (Å²) in [5.41, 5.74) is 1.90. The first-order chi connectivity index (χ1) is 12.6. The van der Waals surface area contributed by atoms with Crippen LogP contribution >= 0.6 is 0 Å². The maximum atomic E-state index is 13.3. The van der Waals surface area contributed by atoms with Crippen LogP contribution in [0.4, 0.5) is 20.4 Å². The van der Waals surface area contributed by atoms with Gasteiger partial charge in [-0.05, 0) is 50.3 Å². The summed E-state index contributed by atoms with van der Waals surface area (Å²) in [5.74, 6) is -2.06. The number of carbonyl (C=O) groups is 1. The monoisotopic (exact) mass is 358 g/mol. The average Bonchev–Trinajstić information content (AvgIpc) is 2.66. The van der Waals surface area contributed by atoms with Gasteiger partial charge in [-0.2, -0.15) is 0 Å². The summed E-state index contributed by atoms with van der Waals surface area (Å²) in [6, 6.07) is 4.88. The number of carbonyl (C=O) groups excluding carboxylic acids is 1. The highest BCUT2D eigenvalue weighted by molar-refractivity contribution is 5.92. The van der Waals surface area contributed by atoms with Gasteiger partial charge in [0.2, 0.25) is 5.95 Å². The van der Waals surface area contributed by atoms with E-state index in [0.29, 0.717) is 12.2 Å². The van der Waals surface area contributed by atoms with Crippen LogP contribution in [0.15, 0.2) is 42.1 Å². The molecule has 3 rings (SSSR count). The molecule has 2 N–H and O–H groups in total. The van der Waals surface area contributed by atoms with Crippen LogP contribution in [-0.4, -0.2) is 22.4 Å². The summed E-state index contributed by atoms with van der Waals surface area (Å²) in [5, 5.41) is 5.60. The van der Waals surface area contributed by atoms with Crippen molar-refractivity contribution in [3.05, 3.63) is 59.4 Å². The standard InChI is InChI=1S/C19H20F2N4O/c20-15-7-6-14(12-16(15)21)24-19-23-11-9-17(25-19)18(26)22-10-8-13-4-2-1-3-5-13/h4,6-7,9,11-12H,1-3,5,8,10H2,(H,22,26)(H,23,24,25). The van der Waals surface area contributed by atoms with Gasteiger partial charge >= 0.3 is 0 Å². The molecule has 1 heterocycles. The molecule has 0 radical (unpaired) electrons. The molecule has 1 aliphatic carbocycles. The van der Waals surface area contributed by atoms with Crippen molar-refractivity contribution in [1.82, 2.24) is 15.3 Å². The minimum absolute atomic E-state index is 0.138. The number of rotatable bonds is 6. The zero-order chi connectivity index (χ0) is 18.4. The Hall–Kier alpha value is -2.83. The molecule has 2 aromatic rings. The Bertz CT molecular complexity index is 823. The topological polar surface area (TPSA) is 66.9 Å². The summed E-state index contributed by atoms with van der Waals surface area (Å²) < 4.78 is 26.2. The smallest absolute Gasteiger partial charge is 0.270 e. The summed E-state index contributed by atoms with van der Waals surface area (Å²) in [4.78, 5) is 20.3. The van der Waals surface area contributed by atoms with E-state index in [2.05, 4.69) is 26.7 Å². The highest BCUT2D eigenvalue weighted by atomic mass is 19.2. The van der Waals surface area contributed by atoms with Crippen LogP contribution < -0.4 is 10.6 Å². The number of allylic oxidation sites excluding steroid dienone is 1. The molecule has 0 fully saturated rings. The van der Waals surface area contributed by atoms with Crippen molar-refractivity contribution in [2.24, 2.45) is 0 Å². The molecule has 26 heavy (non-hydrogen) atoms. The molecular weight excluding hydrogens is 338 g/mol. The number of benzene rings is 1. The quantitative estimate of drug-likeness (QED) is 0.763. The Kier molecular flexibility index (Phi) is 5.88. The van der Waals surface area contributed by atoms with E-state index in [4.69, 9.17) is 0 Å². The van der Waals surface area contributed by atoms with Crippen LogP contribution in [0.1, 0.15) is 42.6 Å². The van der Waals surface area contributed by atoms with Gasteiger partial charge in [-0.1, -0.05) is 11.6 Å². The van der Waals surface area contributed by atoms with Crippen molar-refractivity contribution in [3.63, 3.8) is 0 Å². The van der Waals surface area contributed by atoms with E-state index in [1.54, 1.807) is 0 Å². The fraction of sp³-hybridized carbons (Fsp3) is 0.316. The minimum atomic E-state index is -0.971. The highest BCUT2D eigenvalue weighted by Crippen LogP contribution is 2.19. The van der Waals surface area contributed by atoms with E-state index in [1.807, 2.05) is 0 Å². The molecule has 0 unspecified atom stereocenters. The lowest BCUT2D eigenvalue weighted by atomic mass is 9.97. The van der Waals surface area contributed by atoms with E-state index in [0.717, 1.165) is 31.4 Å². The average molecular weight is 358 g/mol. The van der Waals surface area contributed by atoms with Gasteiger partial charge in [0, 0.05) is 24.5 Å². The first kappa shape index (κ1) is 18.0. The van der Waals surface area contributed by atoms with Crippen LogP contribution in [0.25, 0.3) is 0 Å². The van der Waals surface area contributed by atoms with Crippen molar-refractivity contribution >= 4 is 17.5 Å². The Morgan fingerprint density at radius 1 is 1.15 bits per heavy atom. The predicted octanol–water partition coefficient (Wildman–Crippen LogP) is 4.12. The van der Waals surface area contributed by atoms with Gasteiger partial charge in [0.25, 0.3) is 5.91 Å². The Morgan fingerprint density at radius 2 is 2.04 bits per heavy atom. The Balaban J connectivity index is 1.58. The summed E-state index contributed by atoms with van der Waals surface area (Å²) in [6.07, 6.45) is 9.21. The van der Waals surface area contributed by atoms with Crippen LogP contribution in [0, 0.1) is 11.6 Å². The van der Waals surface area contributed by atoms with Gasteiger partial charge in [-0.15, -0.1) is 0 Å². The third kappa shape index (κ3) is 4.84. The number of nitrogens with zero attached hydrogens (tertiary/aromatic N) is 2. The molecule has 1 aromatic carbocycles. The molecule has 7 heteroatoms. The molecular formula is C19H20F2N4O. The highest BCUT2D eigenvalue weighted by Gasteiger charge is 2.10. The van der Waals surface area contributed by atoms with Crippen LogP contribution in [-0.2, 0) is 0 Å². The van der Waals surface area contributed by atoms with Gasteiger partial charge < -0.3 is 10.6 Å². The van der Waals surface area contributed by atoms with Gasteiger partial charge in [0.1, 0.15) is 5.69 Å².